The summed E-state index contributed by atoms with van der Waals surface area (Å²) in [5.74, 6) is 0. The molecule has 0 aromatic rings. The fourth-order valence-electron chi connectivity index (χ4n) is 1.22. The van der Waals surface area contributed by atoms with E-state index in [1.54, 1.807) is 0 Å². The molecular formula is C10H19F3O2Sn. The summed E-state index contributed by atoms with van der Waals surface area (Å²) in [5.41, 5.74) is 0. The molecule has 0 aromatic carbocycles. The molecular weight excluding hydrogens is 328 g/mol. The summed E-state index contributed by atoms with van der Waals surface area (Å²) in [6.07, 6.45) is -0.905. The summed E-state index contributed by atoms with van der Waals surface area (Å²) >= 11 is -3.13. The minimum absolute atomic E-state index is 0.0588. The Bertz CT molecular complexity index is 195. The van der Waals surface area contributed by atoms with Gasteiger partial charge in [-0.3, -0.25) is 0 Å². The van der Waals surface area contributed by atoms with Crippen LogP contribution in [-0.4, -0.2) is 32.9 Å². The molecule has 0 aliphatic rings. The number of rotatable bonds is 9. The zero-order valence-corrected chi connectivity index (χ0v) is 12.5. The van der Waals surface area contributed by atoms with E-state index in [0.717, 1.165) is 25.7 Å². The second kappa shape index (κ2) is 9.39. The molecule has 0 fully saturated rings. The SMILES string of the molecule is CCCCCC[O][Sn](=[O])[CH2]CCC(F)(F)F. The number of unbranched alkanes of at least 4 members (excludes halogenated alkanes) is 3. The normalized spacial score (nSPS) is 11.8. The molecule has 0 aliphatic carbocycles. The Morgan fingerprint density at radius 2 is 1.81 bits per heavy atom. The van der Waals surface area contributed by atoms with Crippen LogP contribution in [-0.2, 0) is 6.15 Å². The van der Waals surface area contributed by atoms with Gasteiger partial charge in [-0.2, -0.15) is 0 Å². The summed E-state index contributed by atoms with van der Waals surface area (Å²) < 4.78 is 51.8. The molecule has 0 aromatic heterocycles. The van der Waals surface area contributed by atoms with Gasteiger partial charge in [0, 0.05) is 0 Å². The first-order valence-electron chi connectivity index (χ1n) is 5.68. The van der Waals surface area contributed by atoms with Crippen molar-refractivity contribution in [3.63, 3.8) is 0 Å². The predicted molar refractivity (Wildman–Crippen MR) is 56.6 cm³/mol. The van der Waals surface area contributed by atoms with E-state index in [9.17, 15) is 16.2 Å². The molecule has 0 bridgehead atoms. The van der Waals surface area contributed by atoms with Crippen molar-refractivity contribution in [1.29, 1.82) is 0 Å². The number of hydrogen-bond acceptors (Lipinski definition) is 2. The van der Waals surface area contributed by atoms with Crippen molar-refractivity contribution >= 4 is 20.2 Å². The third-order valence-electron chi connectivity index (χ3n) is 2.10. The van der Waals surface area contributed by atoms with Gasteiger partial charge in [0.05, 0.1) is 0 Å². The van der Waals surface area contributed by atoms with E-state index in [4.69, 9.17) is 3.07 Å². The minimum atomic E-state index is -4.13. The van der Waals surface area contributed by atoms with Crippen LogP contribution in [0.25, 0.3) is 0 Å². The first-order valence-corrected chi connectivity index (χ1v) is 10.0. The zero-order chi connectivity index (χ0) is 12.4. The second-order valence-electron chi connectivity index (χ2n) is 3.75. The topological polar surface area (TPSA) is 26.3 Å². The molecule has 0 aliphatic heterocycles. The third kappa shape index (κ3) is 12.4. The third-order valence-corrected chi connectivity index (χ3v) is 5.78. The number of alkyl halides is 3. The molecule has 0 amide bonds. The molecule has 0 spiro atoms. The van der Waals surface area contributed by atoms with E-state index in [0.29, 0.717) is 6.61 Å². The van der Waals surface area contributed by atoms with Crippen molar-refractivity contribution in [3.8, 4) is 0 Å². The van der Waals surface area contributed by atoms with Crippen molar-refractivity contribution in [2.45, 2.75) is 56.1 Å². The molecule has 6 heteroatoms. The standard InChI is InChI=1S/C6H13O.C4H6F3.O.Sn/c1-2-3-4-5-6-7;1-2-3-4(5,6)7;;/h2-6H2,1H3;1-3H2;;/q-1;;;+1. The van der Waals surface area contributed by atoms with Crippen molar-refractivity contribution in [3.05, 3.63) is 0 Å². The monoisotopic (exact) mass is 348 g/mol. The summed E-state index contributed by atoms with van der Waals surface area (Å²) in [4.78, 5) is 0. The second-order valence-corrected chi connectivity index (χ2v) is 8.12. The van der Waals surface area contributed by atoms with E-state index >= 15 is 0 Å². The van der Waals surface area contributed by atoms with Gasteiger partial charge >= 0.3 is 102 Å². The Morgan fingerprint density at radius 3 is 2.38 bits per heavy atom. The van der Waals surface area contributed by atoms with Gasteiger partial charge in [-0.1, -0.05) is 0 Å². The molecule has 0 unspecified atom stereocenters. The molecule has 0 rings (SSSR count). The molecule has 0 saturated heterocycles. The predicted octanol–water partition coefficient (Wildman–Crippen LogP) is 3.84. The Balaban J connectivity index is 3.32. The van der Waals surface area contributed by atoms with E-state index in [2.05, 4.69) is 6.92 Å². The van der Waals surface area contributed by atoms with Crippen LogP contribution in [0.1, 0.15) is 45.4 Å². The van der Waals surface area contributed by atoms with Crippen LogP contribution in [0.5, 0.6) is 0 Å². The van der Waals surface area contributed by atoms with Crippen LogP contribution in [0.15, 0.2) is 0 Å². The maximum atomic E-state index is 11.8. The van der Waals surface area contributed by atoms with E-state index < -0.39 is 32.8 Å². The van der Waals surface area contributed by atoms with Crippen LogP contribution in [0.3, 0.4) is 0 Å². The zero-order valence-electron chi connectivity index (χ0n) is 9.61. The van der Waals surface area contributed by atoms with Gasteiger partial charge in [-0.25, -0.2) is 0 Å². The Hall–Kier alpha value is 0.349. The van der Waals surface area contributed by atoms with E-state index in [-0.39, 0.29) is 10.9 Å². The van der Waals surface area contributed by atoms with Gasteiger partial charge in [0.25, 0.3) is 0 Å². The number of halogens is 3. The van der Waals surface area contributed by atoms with Crippen LogP contribution < -0.4 is 0 Å². The fourth-order valence-corrected chi connectivity index (χ4v) is 4.02. The maximum absolute atomic E-state index is 11.8. The van der Waals surface area contributed by atoms with Gasteiger partial charge in [-0.15, -0.1) is 0 Å². The molecule has 0 saturated carbocycles. The van der Waals surface area contributed by atoms with Crippen LogP contribution in [0.2, 0.25) is 4.44 Å². The van der Waals surface area contributed by atoms with Gasteiger partial charge in [-0.05, 0) is 0 Å². The average Bonchev–Trinajstić information content (AvgIpc) is 2.15. The molecule has 0 radical (unpaired) electrons. The Morgan fingerprint density at radius 1 is 1.12 bits per heavy atom. The molecule has 0 N–H and O–H groups in total. The van der Waals surface area contributed by atoms with Crippen molar-refractivity contribution in [2.24, 2.45) is 0 Å². The molecule has 0 atom stereocenters. The first-order chi connectivity index (χ1) is 7.45. The van der Waals surface area contributed by atoms with Gasteiger partial charge in [0.1, 0.15) is 0 Å². The van der Waals surface area contributed by atoms with Crippen LogP contribution in [0.4, 0.5) is 13.2 Å². The Labute approximate surface area is 102 Å². The van der Waals surface area contributed by atoms with Crippen molar-refractivity contribution < 1.29 is 19.3 Å². The molecule has 96 valence electrons. The van der Waals surface area contributed by atoms with Gasteiger partial charge in [0.2, 0.25) is 0 Å². The quantitative estimate of drug-likeness (QED) is 0.468. The number of hydrogen-bond donors (Lipinski definition) is 0. The average molecular weight is 347 g/mol. The van der Waals surface area contributed by atoms with Crippen molar-refractivity contribution in [2.75, 3.05) is 6.61 Å². The van der Waals surface area contributed by atoms with Crippen LogP contribution in [0, 0.1) is 0 Å². The fraction of sp³-hybridized carbons (Fsp3) is 1.00. The first kappa shape index (κ1) is 16.3. The van der Waals surface area contributed by atoms with Gasteiger partial charge in [0.15, 0.2) is 0 Å². The summed E-state index contributed by atoms with van der Waals surface area (Å²) in [5, 5.41) is 0. The van der Waals surface area contributed by atoms with Crippen LogP contribution >= 0.6 is 0 Å². The van der Waals surface area contributed by atoms with E-state index in [1.807, 2.05) is 0 Å². The Kier molecular flexibility index (Phi) is 9.59. The summed E-state index contributed by atoms with van der Waals surface area (Å²) in [6, 6.07) is 0. The van der Waals surface area contributed by atoms with Gasteiger partial charge < -0.3 is 0 Å². The molecule has 2 nitrogen and oxygen atoms in total. The summed E-state index contributed by atoms with van der Waals surface area (Å²) in [7, 11) is 0. The molecule has 16 heavy (non-hydrogen) atoms. The van der Waals surface area contributed by atoms with Crippen molar-refractivity contribution in [1.82, 2.24) is 0 Å². The van der Waals surface area contributed by atoms with E-state index in [1.165, 1.54) is 0 Å². The molecule has 0 heterocycles. The summed E-state index contributed by atoms with van der Waals surface area (Å²) in [6.45, 7) is 2.54.